The van der Waals surface area contributed by atoms with Crippen LogP contribution in [0, 0.1) is 0 Å². The molecule has 6 heteroatoms. The molecule has 1 aromatic rings. The Morgan fingerprint density at radius 1 is 1.47 bits per heavy atom. The van der Waals surface area contributed by atoms with E-state index in [0.717, 1.165) is 7.11 Å². The summed E-state index contributed by atoms with van der Waals surface area (Å²) in [4.78, 5) is 21.9. The first-order chi connectivity index (χ1) is 7.95. The van der Waals surface area contributed by atoms with Crippen molar-refractivity contribution in [2.45, 2.75) is 12.5 Å². The first kappa shape index (κ1) is 13.5. The maximum Gasteiger partial charge on any atom is 0.335 e. The molecule has 0 radical (unpaired) electrons. The first-order valence-corrected chi connectivity index (χ1v) is 5.11. The van der Waals surface area contributed by atoms with Crippen LogP contribution in [0.1, 0.15) is 15.9 Å². The van der Waals surface area contributed by atoms with Gasteiger partial charge in [-0.05, 0) is 23.8 Å². The van der Waals surface area contributed by atoms with Crippen LogP contribution in [0.25, 0.3) is 0 Å². The van der Waals surface area contributed by atoms with E-state index in [0.29, 0.717) is 5.02 Å². The zero-order valence-electron chi connectivity index (χ0n) is 9.01. The Balaban J connectivity index is 3.00. The molecule has 2 N–H and O–H groups in total. The number of carboxylic acids is 1. The number of hydrogen-bond donors (Lipinski definition) is 2. The average Bonchev–Trinajstić information content (AvgIpc) is 2.27. The van der Waals surface area contributed by atoms with Gasteiger partial charge in [-0.15, -0.1) is 0 Å². The highest BCUT2D eigenvalue weighted by Gasteiger charge is 2.19. The van der Waals surface area contributed by atoms with Crippen molar-refractivity contribution in [3.8, 4) is 0 Å². The number of carbonyl (C=O) groups excluding carboxylic acids is 1. The van der Waals surface area contributed by atoms with Crippen LogP contribution >= 0.6 is 11.6 Å². The molecule has 0 aliphatic heterocycles. The van der Waals surface area contributed by atoms with E-state index in [1.165, 1.54) is 18.2 Å². The first-order valence-electron chi connectivity index (χ1n) is 4.73. The summed E-state index contributed by atoms with van der Waals surface area (Å²) in [6, 6.07) is 4.15. The largest absolute Gasteiger partial charge is 0.478 e. The lowest BCUT2D eigenvalue weighted by molar-refractivity contribution is -0.150. The van der Waals surface area contributed by atoms with Crippen molar-refractivity contribution in [3.63, 3.8) is 0 Å². The minimum absolute atomic E-state index is 0.00245. The molecule has 0 fully saturated rings. The maximum absolute atomic E-state index is 11.0. The van der Waals surface area contributed by atoms with Gasteiger partial charge in [-0.25, -0.2) is 9.59 Å². The van der Waals surface area contributed by atoms with Crippen molar-refractivity contribution in [2.75, 3.05) is 7.11 Å². The molecule has 0 saturated heterocycles. The van der Waals surface area contributed by atoms with Crippen LogP contribution in [-0.4, -0.2) is 35.4 Å². The molecule has 5 nitrogen and oxygen atoms in total. The fourth-order valence-electron chi connectivity index (χ4n) is 1.37. The third-order valence-corrected chi connectivity index (χ3v) is 2.42. The topological polar surface area (TPSA) is 83.8 Å². The molecule has 1 aromatic carbocycles. The van der Waals surface area contributed by atoms with Crippen LogP contribution < -0.4 is 0 Å². The number of ether oxygens (including phenoxy) is 1. The predicted octanol–water partition coefficient (Wildman–Crippen LogP) is 1.11. The van der Waals surface area contributed by atoms with Gasteiger partial charge < -0.3 is 14.9 Å². The SMILES string of the molecule is COC(=O)[C@@H](O)Cc1cc(Cl)ccc1C(=O)O. The number of halogens is 1. The van der Waals surface area contributed by atoms with Crippen molar-refractivity contribution in [2.24, 2.45) is 0 Å². The van der Waals surface area contributed by atoms with E-state index in [1.807, 2.05) is 0 Å². The van der Waals surface area contributed by atoms with Gasteiger partial charge >= 0.3 is 11.9 Å². The van der Waals surface area contributed by atoms with Gasteiger partial charge in [0, 0.05) is 11.4 Å². The number of aliphatic hydroxyl groups is 1. The molecule has 92 valence electrons. The second-order valence-electron chi connectivity index (χ2n) is 3.35. The lowest BCUT2D eigenvalue weighted by Gasteiger charge is -2.10. The summed E-state index contributed by atoms with van der Waals surface area (Å²) in [5.41, 5.74) is 0.278. The number of benzene rings is 1. The summed E-state index contributed by atoms with van der Waals surface area (Å²) < 4.78 is 4.35. The van der Waals surface area contributed by atoms with Crippen LogP contribution in [0.4, 0.5) is 0 Å². The van der Waals surface area contributed by atoms with Crippen molar-refractivity contribution in [3.05, 3.63) is 34.3 Å². The monoisotopic (exact) mass is 258 g/mol. The van der Waals surface area contributed by atoms with Crippen molar-refractivity contribution in [1.29, 1.82) is 0 Å². The van der Waals surface area contributed by atoms with Gasteiger partial charge in [0.15, 0.2) is 6.10 Å². The normalized spacial score (nSPS) is 11.9. The zero-order chi connectivity index (χ0) is 13.0. The number of aromatic carboxylic acids is 1. The second-order valence-corrected chi connectivity index (χ2v) is 3.79. The molecular formula is C11H11ClO5. The van der Waals surface area contributed by atoms with Crippen LogP contribution in [0.3, 0.4) is 0 Å². The summed E-state index contributed by atoms with van der Waals surface area (Å²) in [6.45, 7) is 0. The smallest absolute Gasteiger partial charge is 0.335 e. The van der Waals surface area contributed by atoms with E-state index in [9.17, 15) is 14.7 Å². The highest BCUT2D eigenvalue weighted by atomic mass is 35.5. The fourth-order valence-corrected chi connectivity index (χ4v) is 1.56. The van der Waals surface area contributed by atoms with Gasteiger partial charge in [-0.3, -0.25) is 0 Å². The maximum atomic E-state index is 11.0. The molecule has 1 atom stereocenters. The van der Waals surface area contributed by atoms with Gasteiger partial charge in [-0.1, -0.05) is 11.6 Å². The van der Waals surface area contributed by atoms with Crippen LogP contribution in [0.15, 0.2) is 18.2 Å². The van der Waals surface area contributed by atoms with Crippen LogP contribution in [0.5, 0.6) is 0 Å². The van der Waals surface area contributed by atoms with Gasteiger partial charge in [0.05, 0.1) is 12.7 Å². The van der Waals surface area contributed by atoms with Crippen molar-refractivity contribution < 1.29 is 24.5 Å². The standard InChI is InChI=1S/C11H11ClO5/c1-17-11(16)9(13)5-6-4-7(12)2-3-8(6)10(14)15/h2-4,9,13H,5H2,1H3,(H,14,15)/t9-/m0/s1. The van der Waals surface area contributed by atoms with Gasteiger partial charge in [0.25, 0.3) is 0 Å². The quantitative estimate of drug-likeness (QED) is 0.791. The van der Waals surface area contributed by atoms with E-state index in [4.69, 9.17) is 16.7 Å². The minimum Gasteiger partial charge on any atom is -0.478 e. The Bertz CT molecular complexity index is 443. The van der Waals surface area contributed by atoms with E-state index in [-0.39, 0.29) is 17.5 Å². The summed E-state index contributed by atoms with van der Waals surface area (Å²) in [5, 5.41) is 18.7. The molecule has 0 spiro atoms. The molecule has 0 saturated carbocycles. The number of hydrogen-bond acceptors (Lipinski definition) is 4. The summed E-state index contributed by atoms with van der Waals surface area (Å²) in [7, 11) is 1.14. The summed E-state index contributed by atoms with van der Waals surface area (Å²) in [6.07, 6.45) is -1.56. The molecule has 0 bridgehead atoms. The number of carboxylic acid groups (broad SMARTS) is 1. The Labute approximate surface area is 103 Å². The Morgan fingerprint density at radius 2 is 2.12 bits per heavy atom. The summed E-state index contributed by atoms with van der Waals surface area (Å²) >= 11 is 5.73. The predicted molar refractivity (Wildman–Crippen MR) is 60.1 cm³/mol. The van der Waals surface area contributed by atoms with E-state index in [2.05, 4.69) is 4.74 Å². The molecule has 17 heavy (non-hydrogen) atoms. The molecule has 1 rings (SSSR count). The third-order valence-electron chi connectivity index (χ3n) is 2.18. The molecule has 0 amide bonds. The van der Waals surface area contributed by atoms with Gasteiger partial charge in [0.2, 0.25) is 0 Å². The Hall–Kier alpha value is -1.59. The molecule has 0 aliphatic rings. The lowest BCUT2D eigenvalue weighted by Crippen LogP contribution is -2.25. The Kier molecular flexibility index (Phi) is 4.48. The molecule has 0 unspecified atom stereocenters. The second kappa shape index (κ2) is 5.65. The Morgan fingerprint density at radius 3 is 2.65 bits per heavy atom. The highest BCUT2D eigenvalue weighted by Crippen LogP contribution is 2.18. The number of rotatable bonds is 4. The third kappa shape index (κ3) is 3.44. The molecular weight excluding hydrogens is 248 g/mol. The fraction of sp³-hybridized carbons (Fsp3) is 0.273. The van der Waals surface area contributed by atoms with Gasteiger partial charge in [-0.2, -0.15) is 0 Å². The minimum atomic E-state index is -1.41. The average molecular weight is 259 g/mol. The molecule has 0 heterocycles. The van der Waals surface area contributed by atoms with Gasteiger partial charge in [0.1, 0.15) is 0 Å². The lowest BCUT2D eigenvalue weighted by atomic mass is 10.0. The zero-order valence-corrected chi connectivity index (χ0v) is 9.77. The number of aliphatic hydroxyl groups excluding tert-OH is 1. The highest BCUT2D eigenvalue weighted by molar-refractivity contribution is 6.30. The number of methoxy groups -OCH3 is 1. The van der Waals surface area contributed by atoms with E-state index < -0.39 is 18.0 Å². The van der Waals surface area contributed by atoms with E-state index in [1.54, 1.807) is 0 Å². The van der Waals surface area contributed by atoms with Crippen LogP contribution in [-0.2, 0) is 16.0 Å². The molecule has 0 aromatic heterocycles. The van der Waals surface area contributed by atoms with Crippen molar-refractivity contribution >= 4 is 23.5 Å². The van der Waals surface area contributed by atoms with Crippen molar-refractivity contribution in [1.82, 2.24) is 0 Å². The van der Waals surface area contributed by atoms with E-state index >= 15 is 0 Å². The van der Waals surface area contributed by atoms with Crippen LogP contribution in [0.2, 0.25) is 5.02 Å². The molecule has 0 aliphatic carbocycles. The number of esters is 1. The number of carbonyl (C=O) groups is 2. The summed E-state index contributed by atoms with van der Waals surface area (Å²) in [5.74, 6) is -1.96.